The predicted molar refractivity (Wildman–Crippen MR) is 74.1 cm³/mol. The Morgan fingerprint density at radius 3 is 2.52 bits per heavy atom. The number of nitrogens with zero attached hydrogens (tertiary/aromatic N) is 3. The van der Waals surface area contributed by atoms with Gasteiger partial charge in [0.25, 0.3) is 5.88 Å². The summed E-state index contributed by atoms with van der Waals surface area (Å²) in [5.74, 6) is -0.534. The number of anilines is 2. The fourth-order valence-corrected chi connectivity index (χ4v) is 1.60. The van der Waals surface area contributed by atoms with Crippen LogP contribution in [0, 0.1) is 15.9 Å². The van der Waals surface area contributed by atoms with Crippen LogP contribution in [0.25, 0.3) is 0 Å². The zero-order valence-corrected chi connectivity index (χ0v) is 11.4. The van der Waals surface area contributed by atoms with Crippen LogP contribution in [0.15, 0.2) is 30.6 Å². The lowest BCUT2D eigenvalue weighted by Gasteiger charge is -2.11. The van der Waals surface area contributed by atoms with Crippen molar-refractivity contribution in [3.05, 3.63) is 46.5 Å². The van der Waals surface area contributed by atoms with Gasteiger partial charge in [-0.15, -0.1) is 0 Å². The molecule has 0 saturated heterocycles. The number of ether oxygens (including phenoxy) is 1. The van der Waals surface area contributed by atoms with Gasteiger partial charge in [0.15, 0.2) is 0 Å². The molecule has 0 radical (unpaired) electrons. The van der Waals surface area contributed by atoms with Gasteiger partial charge in [-0.2, -0.15) is 4.98 Å². The Kier molecular flexibility index (Phi) is 4.27. The van der Waals surface area contributed by atoms with Crippen LogP contribution in [-0.4, -0.2) is 21.0 Å². The topological polar surface area (TPSA) is 90.2 Å². The highest BCUT2D eigenvalue weighted by atomic mass is 19.1. The molecule has 0 aliphatic rings. The molecule has 0 amide bonds. The highest BCUT2D eigenvalue weighted by Crippen LogP contribution is 2.33. The third-order valence-corrected chi connectivity index (χ3v) is 2.43. The lowest BCUT2D eigenvalue weighted by Crippen LogP contribution is -2.10. The summed E-state index contributed by atoms with van der Waals surface area (Å²) in [6, 6.07) is 5.37. The third kappa shape index (κ3) is 3.62. The van der Waals surface area contributed by atoms with Crippen molar-refractivity contribution in [3.8, 4) is 5.88 Å². The largest absolute Gasteiger partial charge is 0.470 e. The molecule has 0 aliphatic heterocycles. The Morgan fingerprint density at radius 2 is 1.95 bits per heavy atom. The maximum Gasteiger partial charge on any atom is 0.373 e. The van der Waals surface area contributed by atoms with E-state index < -0.39 is 10.7 Å². The van der Waals surface area contributed by atoms with Gasteiger partial charge in [-0.05, 0) is 38.1 Å². The lowest BCUT2D eigenvalue weighted by molar-refractivity contribution is -0.385. The van der Waals surface area contributed by atoms with E-state index in [-0.39, 0.29) is 23.5 Å². The summed E-state index contributed by atoms with van der Waals surface area (Å²) in [4.78, 5) is 18.2. The van der Waals surface area contributed by atoms with Crippen LogP contribution in [0.1, 0.15) is 13.8 Å². The highest BCUT2D eigenvalue weighted by molar-refractivity contribution is 5.68. The van der Waals surface area contributed by atoms with Gasteiger partial charge in [-0.25, -0.2) is 9.37 Å². The summed E-state index contributed by atoms with van der Waals surface area (Å²) < 4.78 is 18.2. The number of rotatable bonds is 5. The van der Waals surface area contributed by atoms with Crippen molar-refractivity contribution in [2.75, 3.05) is 5.32 Å². The molecule has 21 heavy (non-hydrogen) atoms. The highest BCUT2D eigenvalue weighted by Gasteiger charge is 2.25. The molecule has 2 rings (SSSR count). The molecule has 7 nitrogen and oxygen atoms in total. The van der Waals surface area contributed by atoms with E-state index in [1.807, 2.05) is 0 Å². The van der Waals surface area contributed by atoms with Crippen LogP contribution in [0.4, 0.5) is 21.6 Å². The second-order valence-electron chi connectivity index (χ2n) is 4.43. The van der Waals surface area contributed by atoms with Crippen molar-refractivity contribution in [1.29, 1.82) is 0 Å². The van der Waals surface area contributed by atoms with Gasteiger partial charge in [0, 0.05) is 5.69 Å². The molecule has 1 aromatic carbocycles. The summed E-state index contributed by atoms with van der Waals surface area (Å²) >= 11 is 0. The summed E-state index contributed by atoms with van der Waals surface area (Å²) in [7, 11) is 0. The Labute approximate surface area is 120 Å². The molecule has 1 N–H and O–H groups in total. The normalized spacial score (nSPS) is 10.5. The first kappa shape index (κ1) is 14.6. The first-order valence-corrected chi connectivity index (χ1v) is 6.16. The number of nitro groups is 1. The second kappa shape index (κ2) is 6.12. The van der Waals surface area contributed by atoms with Crippen molar-refractivity contribution < 1.29 is 14.1 Å². The van der Waals surface area contributed by atoms with Gasteiger partial charge in [0.2, 0.25) is 5.82 Å². The fourth-order valence-electron chi connectivity index (χ4n) is 1.60. The van der Waals surface area contributed by atoms with Crippen LogP contribution in [0.2, 0.25) is 0 Å². The average Bonchev–Trinajstić information content (AvgIpc) is 2.40. The first-order chi connectivity index (χ1) is 9.97. The molecule has 0 atom stereocenters. The van der Waals surface area contributed by atoms with Crippen molar-refractivity contribution in [1.82, 2.24) is 9.97 Å². The van der Waals surface area contributed by atoms with Crippen LogP contribution in [0.3, 0.4) is 0 Å². The van der Waals surface area contributed by atoms with Gasteiger partial charge in [-0.1, -0.05) is 0 Å². The average molecular weight is 292 g/mol. The Morgan fingerprint density at radius 1 is 1.29 bits per heavy atom. The van der Waals surface area contributed by atoms with Crippen LogP contribution in [-0.2, 0) is 0 Å². The number of hydrogen-bond donors (Lipinski definition) is 1. The zero-order chi connectivity index (χ0) is 15.4. The van der Waals surface area contributed by atoms with Gasteiger partial charge in [0.05, 0.1) is 11.0 Å². The van der Waals surface area contributed by atoms with E-state index in [1.165, 1.54) is 24.3 Å². The smallest absolute Gasteiger partial charge is 0.373 e. The second-order valence-corrected chi connectivity index (χ2v) is 4.43. The molecule has 1 heterocycles. The van der Waals surface area contributed by atoms with E-state index in [0.29, 0.717) is 5.69 Å². The number of nitrogens with one attached hydrogen (secondary N) is 1. The van der Waals surface area contributed by atoms with Gasteiger partial charge in [0.1, 0.15) is 12.1 Å². The SMILES string of the molecule is CC(C)Oc1ncnc(Nc2ccc(F)cc2)c1[N+](=O)[O-]. The molecule has 0 unspecified atom stereocenters. The van der Waals surface area contributed by atoms with Gasteiger partial charge >= 0.3 is 5.69 Å². The van der Waals surface area contributed by atoms with E-state index in [1.54, 1.807) is 13.8 Å². The number of aromatic nitrogens is 2. The van der Waals surface area contributed by atoms with E-state index in [2.05, 4.69) is 15.3 Å². The molecule has 2 aromatic rings. The molecule has 8 heteroatoms. The molecule has 0 bridgehead atoms. The Bertz CT molecular complexity index is 646. The first-order valence-electron chi connectivity index (χ1n) is 6.16. The standard InChI is InChI=1S/C13H13FN4O3/c1-8(2)21-13-11(18(19)20)12(15-7-16-13)17-10-5-3-9(14)4-6-10/h3-8H,1-2H3,(H,15,16,17). The molecular weight excluding hydrogens is 279 g/mol. The summed E-state index contributed by atoms with van der Waals surface area (Å²) in [5, 5.41) is 14.0. The summed E-state index contributed by atoms with van der Waals surface area (Å²) in [5.41, 5.74) is 0.101. The number of halogens is 1. The van der Waals surface area contributed by atoms with Crippen LogP contribution in [0.5, 0.6) is 5.88 Å². The maximum atomic E-state index is 12.9. The zero-order valence-electron chi connectivity index (χ0n) is 11.4. The summed E-state index contributed by atoms with van der Waals surface area (Å²) in [6.07, 6.45) is 0.897. The minimum atomic E-state index is -0.621. The molecule has 0 fully saturated rings. The maximum absolute atomic E-state index is 12.9. The summed E-state index contributed by atoms with van der Waals surface area (Å²) in [6.45, 7) is 3.47. The minimum Gasteiger partial charge on any atom is -0.470 e. The molecular formula is C13H13FN4O3. The third-order valence-electron chi connectivity index (χ3n) is 2.43. The van der Waals surface area contributed by atoms with E-state index >= 15 is 0 Å². The molecule has 0 aliphatic carbocycles. The molecule has 0 spiro atoms. The van der Waals surface area contributed by atoms with E-state index in [4.69, 9.17) is 4.74 Å². The lowest BCUT2D eigenvalue weighted by atomic mass is 10.3. The molecule has 110 valence electrons. The van der Waals surface area contributed by atoms with Gasteiger partial charge in [-0.3, -0.25) is 10.1 Å². The van der Waals surface area contributed by atoms with Crippen LogP contribution >= 0.6 is 0 Å². The van der Waals surface area contributed by atoms with Crippen molar-refractivity contribution in [2.24, 2.45) is 0 Å². The Balaban J connectivity index is 2.38. The van der Waals surface area contributed by atoms with Crippen molar-refractivity contribution >= 4 is 17.2 Å². The number of benzene rings is 1. The molecule has 1 aromatic heterocycles. The number of hydrogen-bond acceptors (Lipinski definition) is 6. The van der Waals surface area contributed by atoms with E-state index in [0.717, 1.165) is 6.33 Å². The molecule has 0 saturated carbocycles. The fraction of sp³-hybridized carbons (Fsp3) is 0.231. The Hall–Kier alpha value is -2.77. The van der Waals surface area contributed by atoms with Crippen molar-refractivity contribution in [3.63, 3.8) is 0 Å². The quantitative estimate of drug-likeness (QED) is 0.672. The van der Waals surface area contributed by atoms with Crippen LogP contribution < -0.4 is 10.1 Å². The van der Waals surface area contributed by atoms with E-state index in [9.17, 15) is 14.5 Å². The predicted octanol–water partition coefficient (Wildman–Crippen LogP) is 3.05. The van der Waals surface area contributed by atoms with Gasteiger partial charge < -0.3 is 10.1 Å². The van der Waals surface area contributed by atoms with Crippen molar-refractivity contribution in [2.45, 2.75) is 20.0 Å². The monoisotopic (exact) mass is 292 g/mol. The minimum absolute atomic E-state index is 0.0164.